The highest BCUT2D eigenvalue weighted by molar-refractivity contribution is 5.31. The van der Waals surface area contributed by atoms with E-state index in [1.54, 1.807) is 0 Å². The molecule has 0 aromatic heterocycles. The fourth-order valence-electron chi connectivity index (χ4n) is 2.50. The van der Waals surface area contributed by atoms with E-state index < -0.39 is 0 Å². The average molecular weight is 216 g/mol. The molecule has 1 aromatic carbocycles. The topological polar surface area (TPSA) is 6.48 Å². The van der Waals surface area contributed by atoms with Gasteiger partial charge in [0.25, 0.3) is 0 Å². The van der Waals surface area contributed by atoms with Crippen LogP contribution in [-0.4, -0.2) is 23.9 Å². The Bertz CT molecular complexity index is 402. The Morgan fingerprint density at radius 1 is 0.875 bits per heavy atom. The lowest BCUT2D eigenvalue weighted by molar-refractivity contribution is 0.0682. The molecule has 2 heteroatoms. The summed E-state index contributed by atoms with van der Waals surface area (Å²) in [6.45, 7) is 6.63. The molecular weight excluding hydrogens is 196 g/mol. The van der Waals surface area contributed by atoms with Crippen LogP contribution in [0.4, 0.5) is 0 Å². The van der Waals surface area contributed by atoms with Crippen LogP contribution in [0.15, 0.2) is 41.7 Å². The maximum Gasteiger partial charge on any atom is 0.135 e. The van der Waals surface area contributed by atoms with Gasteiger partial charge in [-0.15, -0.1) is 0 Å². The standard InChI is InChI=1S/C14H20N2/c1-11-12(2)16(5)14(3,15(11)4)13-9-7-6-8-10-13/h6-10H,1-5H3. The summed E-state index contributed by atoms with van der Waals surface area (Å²) in [5, 5.41) is 0. The lowest BCUT2D eigenvalue weighted by atomic mass is 9.99. The minimum absolute atomic E-state index is 0.0601. The lowest BCUT2D eigenvalue weighted by Gasteiger charge is -2.41. The summed E-state index contributed by atoms with van der Waals surface area (Å²) in [7, 11) is 4.32. The van der Waals surface area contributed by atoms with Crippen LogP contribution >= 0.6 is 0 Å². The minimum Gasteiger partial charge on any atom is -0.350 e. The molecule has 0 bridgehead atoms. The van der Waals surface area contributed by atoms with Gasteiger partial charge >= 0.3 is 0 Å². The molecule has 16 heavy (non-hydrogen) atoms. The molecule has 0 N–H and O–H groups in total. The second-order valence-electron chi connectivity index (χ2n) is 4.68. The van der Waals surface area contributed by atoms with Gasteiger partial charge < -0.3 is 9.80 Å². The van der Waals surface area contributed by atoms with Crippen LogP contribution in [0.1, 0.15) is 26.3 Å². The van der Waals surface area contributed by atoms with E-state index in [1.165, 1.54) is 17.0 Å². The van der Waals surface area contributed by atoms with Crippen LogP contribution < -0.4 is 0 Å². The van der Waals surface area contributed by atoms with Gasteiger partial charge in [0.1, 0.15) is 5.66 Å². The molecule has 1 aromatic rings. The fourth-order valence-corrected chi connectivity index (χ4v) is 2.50. The largest absolute Gasteiger partial charge is 0.350 e. The Kier molecular flexibility index (Phi) is 2.45. The number of nitrogens with zero attached hydrogens (tertiary/aromatic N) is 2. The predicted molar refractivity (Wildman–Crippen MR) is 67.7 cm³/mol. The Labute approximate surface area is 98.2 Å². The van der Waals surface area contributed by atoms with Crippen molar-refractivity contribution in [3.63, 3.8) is 0 Å². The Morgan fingerprint density at radius 3 is 1.75 bits per heavy atom. The van der Waals surface area contributed by atoms with Crippen molar-refractivity contribution < 1.29 is 0 Å². The van der Waals surface area contributed by atoms with Gasteiger partial charge in [-0.25, -0.2) is 0 Å². The smallest absolute Gasteiger partial charge is 0.135 e. The zero-order valence-corrected chi connectivity index (χ0v) is 10.8. The molecule has 0 atom stereocenters. The second kappa shape index (κ2) is 3.55. The van der Waals surface area contributed by atoms with E-state index >= 15 is 0 Å². The van der Waals surface area contributed by atoms with Crippen molar-refractivity contribution >= 4 is 0 Å². The maximum atomic E-state index is 2.34. The molecule has 0 spiro atoms. The first-order valence-corrected chi connectivity index (χ1v) is 5.70. The van der Waals surface area contributed by atoms with E-state index in [0.717, 1.165) is 0 Å². The minimum atomic E-state index is -0.0601. The highest BCUT2D eigenvalue weighted by atomic mass is 15.4. The highest BCUT2D eigenvalue weighted by Crippen LogP contribution is 2.41. The zero-order valence-electron chi connectivity index (χ0n) is 10.8. The third kappa shape index (κ3) is 1.26. The molecule has 86 valence electrons. The summed E-state index contributed by atoms with van der Waals surface area (Å²) in [5.41, 5.74) is 3.95. The van der Waals surface area contributed by atoms with Crippen molar-refractivity contribution in [2.45, 2.75) is 26.4 Å². The van der Waals surface area contributed by atoms with E-state index in [9.17, 15) is 0 Å². The number of rotatable bonds is 1. The van der Waals surface area contributed by atoms with Gasteiger partial charge in [0, 0.05) is 25.5 Å². The molecule has 2 rings (SSSR count). The number of allylic oxidation sites excluding steroid dienone is 2. The average Bonchev–Trinajstić information content (AvgIpc) is 2.47. The van der Waals surface area contributed by atoms with Crippen molar-refractivity contribution in [1.29, 1.82) is 0 Å². The van der Waals surface area contributed by atoms with E-state index in [2.05, 4.69) is 75.0 Å². The molecule has 2 nitrogen and oxygen atoms in total. The summed E-state index contributed by atoms with van der Waals surface area (Å²) in [6, 6.07) is 10.7. The van der Waals surface area contributed by atoms with Gasteiger partial charge in [-0.2, -0.15) is 0 Å². The van der Waals surface area contributed by atoms with Crippen LogP contribution in [0.5, 0.6) is 0 Å². The first-order chi connectivity index (χ1) is 7.49. The molecule has 1 heterocycles. The van der Waals surface area contributed by atoms with E-state index in [1.807, 2.05) is 0 Å². The quantitative estimate of drug-likeness (QED) is 0.712. The monoisotopic (exact) mass is 216 g/mol. The molecule has 0 saturated heterocycles. The Hall–Kier alpha value is -1.44. The first kappa shape index (κ1) is 11.1. The molecule has 0 aliphatic carbocycles. The van der Waals surface area contributed by atoms with Gasteiger partial charge in [-0.05, 0) is 26.3 Å². The SMILES string of the molecule is CC1=C(C)N(C)C(C)(c2ccccc2)N1C. The van der Waals surface area contributed by atoms with Gasteiger partial charge in [-0.3, -0.25) is 0 Å². The van der Waals surface area contributed by atoms with Crippen LogP contribution in [0, 0.1) is 0 Å². The third-order valence-corrected chi connectivity index (χ3v) is 4.16. The van der Waals surface area contributed by atoms with Crippen molar-refractivity contribution in [2.24, 2.45) is 0 Å². The summed E-state index contributed by atoms with van der Waals surface area (Å²) in [6.07, 6.45) is 0. The molecule has 1 aliphatic heterocycles. The molecule has 0 fully saturated rings. The van der Waals surface area contributed by atoms with Crippen LogP contribution in [0.2, 0.25) is 0 Å². The van der Waals surface area contributed by atoms with E-state index in [-0.39, 0.29) is 5.66 Å². The summed E-state index contributed by atoms with van der Waals surface area (Å²) in [5.74, 6) is 0. The van der Waals surface area contributed by atoms with Gasteiger partial charge in [-0.1, -0.05) is 30.3 Å². The summed E-state index contributed by atoms with van der Waals surface area (Å²) >= 11 is 0. The van der Waals surface area contributed by atoms with Crippen molar-refractivity contribution in [3.8, 4) is 0 Å². The summed E-state index contributed by atoms with van der Waals surface area (Å²) < 4.78 is 0. The Balaban J connectivity index is 2.50. The normalized spacial score (nSPS) is 19.6. The first-order valence-electron chi connectivity index (χ1n) is 5.70. The van der Waals surface area contributed by atoms with Crippen LogP contribution in [-0.2, 0) is 5.66 Å². The van der Waals surface area contributed by atoms with Gasteiger partial charge in [0.05, 0.1) is 0 Å². The van der Waals surface area contributed by atoms with Crippen LogP contribution in [0.25, 0.3) is 0 Å². The van der Waals surface area contributed by atoms with Crippen molar-refractivity contribution in [1.82, 2.24) is 9.80 Å². The fraction of sp³-hybridized carbons (Fsp3) is 0.429. The predicted octanol–water partition coefficient (Wildman–Crippen LogP) is 2.99. The molecule has 0 saturated carbocycles. The second-order valence-corrected chi connectivity index (χ2v) is 4.68. The van der Waals surface area contributed by atoms with Gasteiger partial charge in [0.15, 0.2) is 0 Å². The van der Waals surface area contributed by atoms with Crippen molar-refractivity contribution in [3.05, 3.63) is 47.3 Å². The number of benzene rings is 1. The third-order valence-electron chi connectivity index (χ3n) is 4.16. The molecule has 0 unspecified atom stereocenters. The van der Waals surface area contributed by atoms with E-state index in [0.29, 0.717) is 0 Å². The zero-order chi connectivity index (χ0) is 11.9. The van der Waals surface area contributed by atoms with Crippen molar-refractivity contribution in [2.75, 3.05) is 14.1 Å². The number of hydrogen-bond donors (Lipinski definition) is 0. The highest BCUT2D eigenvalue weighted by Gasteiger charge is 2.41. The lowest BCUT2D eigenvalue weighted by Crippen LogP contribution is -2.46. The summed E-state index contributed by atoms with van der Waals surface area (Å²) in [4.78, 5) is 4.69. The molecular formula is C14H20N2. The molecule has 1 aliphatic rings. The van der Waals surface area contributed by atoms with E-state index in [4.69, 9.17) is 0 Å². The van der Waals surface area contributed by atoms with Crippen LogP contribution in [0.3, 0.4) is 0 Å². The molecule has 0 amide bonds. The molecule has 0 radical (unpaired) electrons. The maximum absolute atomic E-state index is 2.34. The Morgan fingerprint density at radius 2 is 1.31 bits per heavy atom. The number of hydrogen-bond acceptors (Lipinski definition) is 2. The van der Waals surface area contributed by atoms with Gasteiger partial charge in [0.2, 0.25) is 0 Å².